The lowest BCUT2D eigenvalue weighted by molar-refractivity contribution is 0.603. The van der Waals surface area contributed by atoms with Gasteiger partial charge in [0.25, 0.3) is 0 Å². The maximum Gasteiger partial charge on any atom is 0.148 e. The molecule has 0 N–H and O–H groups in total. The predicted molar refractivity (Wildman–Crippen MR) is 60.2 cm³/mol. The highest BCUT2D eigenvalue weighted by Gasteiger charge is 2.05. The van der Waals surface area contributed by atoms with Crippen molar-refractivity contribution in [3.63, 3.8) is 0 Å². The van der Waals surface area contributed by atoms with Crippen LogP contribution in [0.3, 0.4) is 0 Å². The van der Waals surface area contributed by atoms with E-state index in [0.717, 1.165) is 9.50 Å². The van der Waals surface area contributed by atoms with Gasteiger partial charge in [0, 0.05) is 18.2 Å². The van der Waals surface area contributed by atoms with E-state index in [1.807, 2.05) is 0 Å². The molecule has 1 rings (SSSR count). The summed E-state index contributed by atoms with van der Waals surface area (Å²) in [6.07, 6.45) is 4.30. The van der Waals surface area contributed by atoms with Gasteiger partial charge in [-0.2, -0.15) is 0 Å². The van der Waals surface area contributed by atoms with Crippen LogP contribution in [0.1, 0.15) is 0 Å². The first kappa shape index (κ1) is 11.9. The molecular weight excluding hydrogens is 288 g/mol. The monoisotopic (exact) mass is 296 g/mol. The van der Waals surface area contributed by atoms with E-state index in [4.69, 9.17) is 0 Å². The summed E-state index contributed by atoms with van der Waals surface area (Å²) in [7, 11) is -2.89. The molecule has 0 radical (unpaired) electrons. The van der Waals surface area contributed by atoms with E-state index < -0.39 is 9.84 Å². The molecule has 4 nitrogen and oxygen atoms in total. The second-order valence-electron chi connectivity index (χ2n) is 2.65. The number of nitrogens with zero attached hydrogens (tertiary/aromatic N) is 2. The van der Waals surface area contributed by atoms with E-state index in [1.165, 1.54) is 24.3 Å². The van der Waals surface area contributed by atoms with E-state index in [1.54, 1.807) is 6.20 Å². The van der Waals surface area contributed by atoms with Crippen LogP contribution in [-0.2, 0) is 9.84 Å². The molecule has 0 bridgehead atoms. The summed E-state index contributed by atoms with van der Waals surface area (Å²) >= 11 is 4.68. The number of thioether (sulfide) groups is 1. The molecule has 0 aliphatic carbocycles. The van der Waals surface area contributed by atoms with Crippen LogP contribution in [0.15, 0.2) is 22.0 Å². The fourth-order valence-corrected chi connectivity index (χ4v) is 3.31. The summed E-state index contributed by atoms with van der Waals surface area (Å²) in [6.45, 7) is 0. The van der Waals surface area contributed by atoms with Gasteiger partial charge >= 0.3 is 0 Å². The third-order valence-corrected chi connectivity index (χ3v) is 4.38. The highest BCUT2D eigenvalue weighted by Crippen LogP contribution is 2.23. The molecule has 1 aromatic rings. The van der Waals surface area contributed by atoms with Gasteiger partial charge in [0.2, 0.25) is 0 Å². The molecule has 0 spiro atoms. The van der Waals surface area contributed by atoms with Crippen LogP contribution < -0.4 is 0 Å². The van der Waals surface area contributed by atoms with Crippen LogP contribution >= 0.6 is 27.7 Å². The Bertz CT molecular complexity index is 408. The Labute approximate surface area is 95.6 Å². The lowest BCUT2D eigenvalue weighted by Gasteiger charge is -2.00. The van der Waals surface area contributed by atoms with Crippen LogP contribution in [-0.4, -0.2) is 36.1 Å². The Morgan fingerprint density at radius 1 is 1.57 bits per heavy atom. The Morgan fingerprint density at radius 3 is 2.86 bits per heavy atom. The van der Waals surface area contributed by atoms with Crippen molar-refractivity contribution >= 4 is 37.5 Å². The van der Waals surface area contributed by atoms with Gasteiger partial charge in [0.1, 0.15) is 21.2 Å². The molecular formula is C7H9BrN2O2S2. The maximum atomic E-state index is 10.8. The van der Waals surface area contributed by atoms with E-state index >= 15 is 0 Å². The Morgan fingerprint density at radius 2 is 2.29 bits per heavy atom. The number of hydrogen-bond donors (Lipinski definition) is 0. The zero-order valence-corrected chi connectivity index (χ0v) is 10.7. The Hall–Kier alpha value is -0.140. The summed E-state index contributed by atoms with van der Waals surface area (Å²) < 4.78 is 22.5. The number of hydrogen-bond acceptors (Lipinski definition) is 5. The van der Waals surface area contributed by atoms with Gasteiger partial charge in [-0.15, -0.1) is 11.8 Å². The van der Waals surface area contributed by atoms with Crippen molar-refractivity contribution in [3.8, 4) is 0 Å². The molecule has 0 fully saturated rings. The molecule has 1 aromatic heterocycles. The van der Waals surface area contributed by atoms with E-state index in [9.17, 15) is 8.42 Å². The average Bonchev–Trinajstić information content (AvgIpc) is 2.06. The first-order chi connectivity index (χ1) is 6.49. The fourth-order valence-electron chi connectivity index (χ4n) is 0.697. The van der Waals surface area contributed by atoms with E-state index in [2.05, 4.69) is 25.9 Å². The van der Waals surface area contributed by atoms with Crippen molar-refractivity contribution in [2.45, 2.75) is 5.03 Å². The maximum absolute atomic E-state index is 10.8. The van der Waals surface area contributed by atoms with Crippen LogP contribution in [0.2, 0.25) is 0 Å². The second kappa shape index (κ2) is 5.09. The highest BCUT2D eigenvalue weighted by molar-refractivity contribution is 9.10. The number of halogens is 1. The molecule has 0 amide bonds. The van der Waals surface area contributed by atoms with Crippen molar-refractivity contribution < 1.29 is 8.42 Å². The van der Waals surface area contributed by atoms with Crippen molar-refractivity contribution in [2.24, 2.45) is 0 Å². The van der Waals surface area contributed by atoms with Gasteiger partial charge < -0.3 is 0 Å². The summed E-state index contributed by atoms with van der Waals surface area (Å²) in [6, 6.07) is 0. The molecule has 78 valence electrons. The molecule has 0 aliphatic rings. The number of aromatic nitrogens is 2. The number of rotatable bonds is 4. The molecule has 0 aromatic carbocycles. The lowest BCUT2D eigenvalue weighted by Crippen LogP contribution is -2.05. The Kier molecular flexibility index (Phi) is 4.33. The molecule has 0 saturated heterocycles. The summed E-state index contributed by atoms with van der Waals surface area (Å²) in [5, 5.41) is 0.767. The zero-order chi connectivity index (χ0) is 10.6. The first-order valence-electron chi connectivity index (χ1n) is 3.75. The second-order valence-corrected chi connectivity index (χ2v) is 6.85. The quantitative estimate of drug-likeness (QED) is 0.620. The zero-order valence-electron chi connectivity index (χ0n) is 7.47. The van der Waals surface area contributed by atoms with Crippen molar-refractivity contribution in [3.05, 3.63) is 17.0 Å². The van der Waals surface area contributed by atoms with Gasteiger partial charge in [0.05, 0.1) is 10.2 Å². The first-order valence-corrected chi connectivity index (χ1v) is 7.59. The third-order valence-electron chi connectivity index (χ3n) is 1.33. The predicted octanol–water partition coefficient (Wildman–Crippen LogP) is 1.38. The largest absolute Gasteiger partial charge is 0.244 e. The van der Waals surface area contributed by atoms with Crippen LogP contribution in [0.25, 0.3) is 0 Å². The van der Waals surface area contributed by atoms with Gasteiger partial charge in [0.15, 0.2) is 0 Å². The molecule has 14 heavy (non-hydrogen) atoms. The van der Waals surface area contributed by atoms with E-state index in [0.29, 0.717) is 5.75 Å². The van der Waals surface area contributed by atoms with Crippen LogP contribution in [0.4, 0.5) is 0 Å². The summed E-state index contributed by atoms with van der Waals surface area (Å²) in [5.41, 5.74) is 0. The van der Waals surface area contributed by atoms with E-state index in [-0.39, 0.29) is 5.75 Å². The fraction of sp³-hybridized carbons (Fsp3) is 0.429. The third kappa shape index (κ3) is 4.39. The minimum absolute atomic E-state index is 0.161. The van der Waals surface area contributed by atoms with Crippen molar-refractivity contribution in [1.29, 1.82) is 0 Å². The molecule has 0 aliphatic heterocycles. The molecule has 7 heteroatoms. The Balaban J connectivity index is 2.51. The number of sulfone groups is 1. The minimum Gasteiger partial charge on any atom is -0.244 e. The molecule has 1 heterocycles. The van der Waals surface area contributed by atoms with Crippen molar-refractivity contribution in [2.75, 3.05) is 17.8 Å². The summed E-state index contributed by atoms with van der Waals surface area (Å²) in [5.74, 6) is 0.669. The standard InChI is InChI=1S/C7H9BrN2O2S2/c1-14(11,12)3-2-13-7-6(8)4-9-5-10-7/h4-5H,2-3H2,1H3. The average molecular weight is 297 g/mol. The lowest BCUT2D eigenvalue weighted by atomic mass is 10.7. The molecule has 0 saturated carbocycles. The molecule has 0 atom stereocenters. The van der Waals surface area contributed by atoms with Gasteiger partial charge in [-0.3, -0.25) is 0 Å². The van der Waals surface area contributed by atoms with Gasteiger partial charge in [-0.25, -0.2) is 18.4 Å². The van der Waals surface area contributed by atoms with Gasteiger partial charge in [-0.1, -0.05) is 0 Å². The minimum atomic E-state index is -2.89. The SMILES string of the molecule is CS(=O)(=O)CCSc1ncncc1Br. The van der Waals surface area contributed by atoms with Gasteiger partial charge in [-0.05, 0) is 15.9 Å². The normalized spacial score (nSPS) is 11.6. The van der Waals surface area contributed by atoms with Crippen molar-refractivity contribution in [1.82, 2.24) is 9.97 Å². The van der Waals surface area contributed by atoms with Crippen LogP contribution in [0, 0.1) is 0 Å². The topological polar surface area (TPSA) is 59.9 Å². The van der Waals surface area contributed by atoms with Crippen LogP contribution in [0.5, 0.6) is 0 Å². The molecule has 0 unspecified atom stereocenters. The summed E-state index contributed by atoms with van der Waals surface area (Å²) in [4.78, 5) is 7.82. The smallest absolute Gasteiger partial charge is 0.148 e. The highest BCUT2D eigenvalue weighted by atomic mass is 79.9.